The highest BCUT2D eigenvalue weighted by atomic mass is 32.1. The summed E-state index contributed by atoms with van der Waals surface area (Å²) in [5, 5.41) is 6.52. The summed E-state index contributed by atoms with van der Waals surface area (Å²) in [7, 11) is 0. The fourth-order valence-corrected chi connectivity index (χ4v) is 3.64. The number of nitrogens with one attached hydrogen (secondary N) is 1. The van der Waals surface area contributed by atoms with Gasteiger partial charge in [-0.05, 0) is 30.3 Å². The number of para-hydroxylation sites is 2. The molecule has 1 N–H and O–H groups in total. The molecule has 0 unspecified atom stereocenters. The second-order valence-electron chi connectivity index (χ2n) is 5.20. The van der Waals surface area contributed by atoms with Gasteiger partial charge in [0.2, 0.25) is 0 Å². The maximum Gasteiger partial charge on any atom is 0.256 e. The Morgan fingerprint density at radius 3 is 2.26 bits per heavy atom. The molecule has 0 saturated heterocycles. The summed E-state index contributed by atoms with van der Waals surface area (Å²) in [4.78, 5) is 13.3. The van der Waals surface area contributed by atoms with Crippen LogP contribution in [0.3, 0.4) is 0 Å². The molecule has 3 nitrogen and oxygen atoms in total. The largest absolute Gasteiger partial charge is 0.354 e. The van der Waals surface area contributed by atoms with Crippen molar-refractivity contribution in [3.63, 3.8) is 0 Å². The molecule has 2 aromatic heterocycles. The van der Waals surface area contributed by atoms with Gasteiger partial charge in [-0.25, -0.2) is 0 Å². The first-order valence-corrected chi connectivity index (χ1v) is 8.22. The standard InChI is InChI=1S/C19H14N2OS/c22-18-12-11-16-17(20-14-7-3-1-4-8-14)13-23-19(16)21(18)15-9-5-2-6-10-15/h1-13,20H. The second-order valence-corrected chi connectivity index (χ2v) is 6.06. The van der Waals surface area contributed by atoms with Crippen LogP contribution in [0.1, 0.15) is 0 Å². The lowest BCUT2D eigenvalue weighted by Crippen LogP contribution is -2.16. The van der Waals surface area contributed by atoms with Crippen molar-refractivity contribution in [3.8, 4) is 5.69 Å². The average molecular weight is 318 g/mol. The molecular weight excluding hydrogens is 304 g/mol. The molecule has 2 heterocycles. The lowest BCUT2D eigenvalue weighted by molar-refractivity contribution is 1.06. The highest BCUT2D eigenvalue weighted by Crippen LogP contribution is 2.32. The molecule has 0 atom stereocenters. The molecule has 4 aromatic rings. The molecule has 0 aliphatic rings. The Balaban J connectivity index is 1.87. The summed E-state index contributed by atoms with van der Waals surface area (Å²) < 4.78 is 1.76. The van der Waals surface area contributed by atoms with Crippen LogP contribution >= 0.6 is 11.3 Å². The van der Waals surface area contributed by atoms with Crippen LogP contribution < -0.4 is 10.9 Å². The van der Waals surface area contributed by atoms with Crippen molar-refractivity contribution in [1.29, 1.82) is 0 Å². The topological polar surface area (TPSA) is 34.0 Å². The molecule has 0 saturated carbocycles. The maximum absolute atomic E-state index is 12.4. The minimum Gasteiger partial charge on any atom is -0.354 e. The zero-order valence-electron chi connectivity index (χ0n) is 12.3. The zero-order chi connectivity index (χ0) is 15.6. The molecule has 4 rings (SSSR count). The van der Waals surface area contributed by atoms with Gasteiger partial charge in [0, 0.05) is 22.5 Å². The van der Waals surface area contributed by atoms with E-state index in [1.54, 1.807) is 22.0 Å². The predicted octanol–water partition coefficient (Wildman–Crippen LogP) is 4.80. The van der Waals surface area contributed by atoms with E-state index in [9.17, 15) is 4.79 Å². The van der Waals surface area contributed by atoms with Crippen molar-refractivity contribution in [2.45, 2.75) is 0 Å². The quantitative estimate of drug-likeness (QED) is 0.589. The summed E-state index contributed by atoms with van der Waals surface area (Å²) in [5.74, 6) is 0. The van der Waals surface area contributed by atoms with Crippen LogP contribution in [0.15, 0.2) is 83.0 Å². The first kappa shape index (κ1) is 13.8. The van der Waals surface area contributed by atoms with E-state index >= 15 is 0 Å². The summed E-state index contributed by atoms with van der Waals surface area (Å²) in [6.07, 6.45) is 0. The molecule has 0 fully saturated rings. The molecule has 2 aromatic carbocycles. The van der Waals surface area contributed by atoms with Crippen LogP contribution in [0, 0.1) is 0 Å². The van der Waals surface area contributed by atoms with Gasteiger partial charge in [-0.15, -0.1) is 11.3 Å². The monoisotopic (exact) mass is 318 g/mol. The average Bonchev–Trinajstić information content (AvgIpc) is 2.99. The number of anilines is 2. The molecule has 0 radical (unpaired) electrons. The van der Waals surface area contributed by atoms with E-state index in [0.717, 1.165) is 27.3 Å². The summed E-state index contributed by atoms with van der Waals surface area (Å²) in [6.45, 7) is 0. The Labute approximate surface area is 137 Å². The molecule has 0 spiro atoms. The number of thiophene rings is 1. The maximum atomic E-state index is 12.4. The van der Waals surface area contributed by atoms with Gasteiger partial charge < -0.3 is 5.32 Å². The fourth-order valence-electron chi connectivity index (χ4n) is 2.62. The summed E-state index contributed by atoms with van der Waals surface area (Å²) >= 11 is 1.57. The van der Waals surface area contributed by atoms with E-state index in [2.05, 4.69) is 10.7 Å². The lowest BCUT2D eigenvalue weighted by atomic mass is 10.2. The molecule has 0 aliphatic carbocycles. The molecule has 4 heteroatoms. The Morgan fingerprint density at radius 2 is 1.52 bits per heavy atom. The third kappa shape index (κ3) is 2.53. The number of benzene rings is 2. The number of fused-ring (bicyclic) bond motifs is 1. The molecule has 23 heavy (non-hydrogen) atoms. The summed E-state index contributed by atoms with van der Waals surface area (Å²) in [6, 6.07) is 23.3. The number of hydrogen-bond donors (Lipinski definition) is 1. The summed E-state index contributed by atoms with van der Waals surface area (Å²) in [5.41, 5.74) is 2.92. The highest BCUT2D eigenvalue weighted by Gasteiger charge is 2.11. The number of rotatable bonds is 3. The third-order valence-electron chi connectivity index (χ3n) is 3.69. The van der Waals surface area contributed by atoms with Gasteiger partial charge in [0.15, 0.2) is 0 Å². The van der Waals surface area contributed by atoms with E-state index in [1.165, 1.54) is 0 Å². The lowest BCUT2D eigenvalue weighted by Gasteiger charge is -2.08. The Hall–Kier alpha value is -2.85. The minimum atomic E-state index is -0.0168. The van der Waals surface area contributed by atoms with Gasteiger partial charge >= 0.3 is 0 Å². The number of nitrogens with zero attached hydrogens (tertiary/aromatic N) is 1. The predicted molar refractivity (Wildman–Crippen MR) is 97.1 cm³/mol. The fraction of sp³-hybridized carbons (Fsp3) is 0. The van der Waals surface area contributed by atoms with Crippen LogP contribution in [0.2, 0.25) is 0 Å². The van der Waals surface area contributed by atoms with E-state index in [-0.39, 0.29) is 5.56 Å². The molecule has 112 valence electrons. The Kier molecular flexibility index (Phi) is 3.44. The first-order valence-electron chi connectivity index (χ1n) is 7.34. The molecule has 0 bridgehead atoms. The number of pyridine rings is 1. The van der Waals surface area contributed by atoms with E-state index in [0.29, 0.717) is 0 Å². The van der Waals surface area contributed by atoms with Crippen LogP contribution in [-0.4, -0.2) is 4.57 Å². The van der Waals surface area contributed by atoms with Crippen molar-refractivity contribution in [2.75, 3.05) is 5.32 Å². The Morgan fingerprint density at radius 1 is 0.826 bits per heavy atom. The first-order chi connectivity index (χ1) is 11.3. The number of hydrogen-bond acceptors (Lipinski definition) is 3. The number of aromatic nitrogens is 1. The highest BCUT2D eigenvalue weighted by molar-refractivity contribution is 7.17. The van der Waals surface area contributed by atoms with Crippen molar-refractivity contribution in [2.24, 2.45) is 0 Å². The van der Waals surface area contributed by atoms with Gasteiger partial charge in [-0.1, -0.05) is 36.4 Å². The third-order valence-corrected chi connectivity index (χ3v) is 4.67. The van der Waals surface area contributed by atoms with Gasteiger partial charge in [0.05, 0.1) is 11.4 Å². The van der Waals surface area contributed by atoms with Gasteiger partial charge in [0.1, 0.15) is 4.83 Å². The Bertz CT molecular complexity index is 1000. The molecule has 0 aliphatic heterocycles. The van der Waals surface area contributed by atoms with Gasteiger partial charge in [-0.3, -0.25) is 9.36 Å². The molecule has 0 amide bonds. The van der Waals surface area contributed by atoms with E-state index < -0.39 is 0 Å². The van der Waals surface area contributed by atoms with Crippen molar-refractivity contribution in [1.82, 2.24) is 4.57 Å². The van der Waals surface area contributed by atoms with Crippen molar-refractivity contribution < 1.29 is 0 Å². The van der Waals surface area contributed by atoms with Gasteiger partial charge in [0.25, 0.3) is 5.56 Å². The van der Waals surface area contributed by atoms with Crippen molar-refractivity contribution in [3.05, 3.63) is 88.5 Å². The van der Waals surface area contributed by atoms with Gasteiger partial charge in [-0.2, -0.15) is 0 Å². The minimum absolute atomic E-state index is 0.0168. The van der Waals surface area contributed by atoms with E-state index in [1.807, 2.05) is 66.7 Å². The van der Waals surface area contributed by atoms with Crippen molar-refractivity contribution >= 4 is 32.9 Å². The van der Waals surface area contributed by atoms with Crippen LogP contribution in [0.25, 0.3) is 15.9 Å². The zero-order valence-corrected chi connectivity index (χ0v) is 13.1. The van der Waals surface area contributed by atoms with Crippen LogP contribution in [-0.2, 0) is 0 Å². The van der Waals surface area contributed by atoms with E-state index in [4.69, 9.17) is 0 Å². The van der Waals surface area contributed by atoms with Crippen LogP contribution in [0.4, 0.5) is 11.4 Å². The smallest absolute Gasteiger partial charge is 0.256 e. The normalized spacial score (nSPS) is 10.8. The second kappa shape index (κ2) is 5.74. The SMILES string of the molecule is O=c1ccc2c(Nc3ccccc3)csc2n1-c1ccccc1. The molecular formula is C19H14N2OS. The van der Waals surface area contributed by atoms with Crippen LogP contribution in [0.5, 0.6) is 0 Å².